The molecule has 0 spiro atoms. The van der Waals surface area contributed by atoms with Crippen LogP contribution in [0, 0.1) is 5.82 Å². The fourth-order valence-corrected chi connectivity index (χ4v) is 1.39. The van der Waals surface area contributed by atoms with Gasteiger partial charge in [-0.05, 0) is 26.0 Å². The topological polar surface area (TPSA) is 84.5 Å². The van der Waals surface area contributed by atoms with Crippen molar-refractivity contribution in [3.05, 3.63) is 29.6 Å². The van der Waals surface area contributed by atoms with E-state index in [0.717, 1.165) is 6.07 Å². The number of benzene rings is 1. The molecule has 3 amide bonds. The second-order valence-electron chi connectivity index (χ2n) is 3.88. The van der Waals surface area contributed by atoms with E-state index in [9.17, 15) is 18.8 Å². The zero-order valence-electron chi connectivity index (χ0n) is 11.1. The molecule has 0 saturated carbocycles. The maximum atomic E-state index is 13.5. The molecule has 1 aromatic carbocycles. The number of ether oxygens (including phenoxy) is 1. The lowest BCUT2D eigenvalue weighted by Crippen LogP contribution is -2.45. The van der Waals surface area contributed by atoms with Crippen LogP contribution < -0.4 is 15.4 Å². The maximum absolute atomic E-state index is 13.5. The van der Waals surface area contributed by atoms with Crippen LogP contribution in [0.3, 0.4) is 0 Å². The number of hydrogen-bond acceptors (Lipinski definition) is 4. The number of urea groups is 1. The highest BCUT2D eigenvalue weighted by molar-refractivity contribution is 5.96. The Labute approximate surface area is 115 Å². The molecular weight excluding hydrogens is 267 g/mol. The summed E-state index contributed by atoms with van der Waals surface area (Å²) in [5.41, 5.74) is -0.0114. The van der Waals surface area contributed by atoms with Gasteiger partial charge in [0.25, 0.3) is 5.91 Å². The van der Waals surface area contributed by atoms with Crippen LogP contribution in [0.2, 0.25) is 0 Å². The summed E-state index contributed by atoms with van der Waals surface area (Å²) in [5.74, 6) is -1.82. The number of imide groups is 1. The minimum atomic E-state index is -1.13. The molecule has 2 N–H and O–H groups in total. The fraction of sp³-hybridized carbons (Fsp3) is 0.308. The Balaban J connectivity index is 2.75. The van der Waals surface area contributed by atoms with Crippen LogP contribution in [0.15, 0.2) is 18.2 Å². The molecule has 0 aliphatic rings. The number of halogens is 1. The van der Waals surface area contributed by atoms with Gasteiger partial charge in [0, 0.05) is 6.54 Å². The third-order valence-electron chi connectivity index (χ3n) is 2.36. The minimum absolute atomic E-state index is 0.0114. The summed E-state index contributed by atoms with van der Waals surface area (Å²) in [6.45, 7) is 3.40. The molecule has 0 heterocycles. The van der Waals surface area contributed by atoms with E-state index in [-0.39, 0.29) is 11.3 Å². The van der Waals surface area contributed by atoms with Gasteiger partial charge in [0.15, 0.2) is 24.0 Å². The van der Waals surface area contributed by atoms with Crippen LogP contribution in [-0.4, -0.2) is 30.9 Å². The van der Waals surface area contributed by atoms with E-state index in [4.69, 9.17) is 4.74 Å². The second kappa shape index (κ2) is 7.22. The largest absolute Gasteiger partial charge is 0.477 e. The molecule has 1 rings (SSSR count). The summed E-state index contributed by atoms with van der Waals surface area (Å²) in [5, 5.41) is 4.41. The van der Waals surface area contributed by atoms with E-state index >= 15 is 0 Å². The van der Waals surface area contributed by atoms with Gasteiger partial charge >= 0.3 is 6.03 Å². The first-order chi connectivity index (χ1) is 9.49. The summed E-state index contributed by atoms with van der Waals surface area (Å²) in [7, 11) is 0. The molecule has 0 aliphatic carbocycles. The number of para-hydroxylation sites is 1. The third-order valence-corrected chi connectivity index (χ3v) is 2.36. The van der Waals surface area contributed by atoms with Gasteiger partial charge in [-0.3, -0.25) is 14.9 Å². The van der Waals surface area contributed by atoms with Gasteiger partial charge in [-0.25, -0.2) is 9.18 Å². The molecule has 20 heavy (non-hydrogen) atoms. The van der Waals surface area contributed by atoms with Gasteiger partial charge in [-0.15, -0.1) is 0 Å². The van der Waals surface area contributed by atoms with E-state index in [0.29, 0.717) is 12.8 Å². The first kappa shape index (κ1) is 15.6. The van der Waals surface area contributed by atoms with Gasteiger partial charge in [-0.1, -0.05) is 6.07 Å². The number of rotatable bonds is 5. The highest BCUT2D eigenvalue weighted by Crippen LogP contribution is 2.22. The van der Waals surface area contributed by atoms with Gasteiger partial charge in [-0.2, -0.15) is 0 Å². The Morgan fingerprint density at radius 3 is 2.75 bits per heavy atom. The van der Waals surface area contributed by atoms with Gasteiger partial charge < -0.3 is 10.1 Å². The number of carbonyl (C=O) groups is 3. The Morgan fingerprint density at radius 1 is 1.45 bits per heavy atom. The van der Waals surface area contributed by atoms with Crippen molar-refractivity contribution < 1.29 is 23.5 Å². The van der Waals surface area contributed by atoms with Crippen molar-refractivity contribution in [2.45, 2.75) is 20.0 Å². The van der Waals surface area contributed by atoms with E-state index in [1.807, 2.05) is 5.32 Å². The standard InChI is InChI=1S/C13H15FN2O4/c1-3-15-13(19)16-12(18)8(2)20-11-9(7-17)5-4-6-10(11)14/h4-8H,3H2,1-2H3,(H2,15,16,18,19). The SMILES string of the molecule is CCNC(=O)NC(=O)C(C)Oc1c(F)cccc1C=O. The summed E-state index contributed by atoms with van der Waals surface area (Å²) in [4.78, 5) is 33.6. The van der Waals surface area contributed by atoms with Crippen LogP contribution in [0.1, 0.15) is 24.2 Å². The van der Waals surface area contributed by atoms with E-state index in [2.05, 4.69) is 5.32 Å². The fourth-order valence-electron chi connectivity index (χ4n) is 1.39. The second-order valence-corrected chi connectivity index (χ2v) is 3.88. The first-order valence-corrected chi connectivity index (χ1v) is 5.98. The lowest BCUT2D eigenvalue weighted by atomic mass is 10.2. The molecule has 6 nitrogen and oxygen atoms in total. The maximum Gasteiger partial charge on any atom is 0.321 e. The van der Waals surface area contributed by atoms with Crippen LogP contribution in [0.4, 0.5) is 9.18 Å². The molecule has 0 bridgehead atoms. The number of nitrogens with one attached hydrogen (secondary N) is 2. The van der Waals surface area contributed by atoms with Crippen molar-refractivity contribution in [3.8, 4) is 5.75 Å². The van der Waals surface area contributed by atoms with Crippen LogP contribution >= 0.6 is 0 Å². The Hall–Kier alpha value is -2.44. The van der Waals surface area contributed by atoms with Gasteiger partial charge in [0.2, 0.25) is 0 Å². The summed E-state index contributed by atoms with van der Waals surface area (Å²) >= 11 is 0. The molecular formula is C13H15FN2O4. The van der Waals surface area contributed by atoms with Crippen molar-refractivity contribution in [3.63, 3.8) is 0 Å². The first-order valence-electron chi connectivity index (χ1n) is 5.98. The average molecular weight is 282 g/mol. The molecule has 108 valence electrons. The number of carbonyl (C=O) groups excluding carboxylic acids is 3. The molecule has 1 atom stereocenters. The van der Waals surface area contributed by atoms with E-state index in [1.165, 1.54) is 19.1 Å². The Bertz CT molecular complexity index is 519. The van der Waals surface area contributed by atoms with Crippen LogP contribution in [0.25, 0.3) is 0 Å². The smallest absolute Gasteiger partial charge is 0.321 e. The normalized spacial score (nSPS) is 11.3. The number of aldehydes is 1. The molecule has 1 unspecified atom stereocenters. The molecule has 0 radical (unpaired) electrons. The number of hydrogen-bond donors (Lipinski definition) is 2. The zero-order chi connectivity index (χ0) is 15.1. The third kappa shape index (κ3) is 4.04. The molecule has 0 fully saturated rings. The van der Waals surface area contributed by atoms with Gasteiger partial charge in [0.1, 0.15) is 0 Å². The summed E-state index contributed by atoms with van der Waals surface area (Å²) in [6.07, 6.45) is -0.708. The monoisotopic (exact) mass is 282 g/mol. The van der Waals surface area contributed by atoms with Crippen LogP contribution in [0.5, 0.6) is 5.75 Å². The van der Waals surface area contributed by atoms with Crippen molar-refractivity contribution in [2.24, 2.45) is 0 Å². The minimum Gasteiger partial charge on any atom is -0.477 e. The zero-order valence-corrected chi connectivity index (χ0v) is 11.1. The van der Waals surface area contributed by atoms with Crippen molar-refractivity contribution in [2.75, 3.05) is 6.54 Å². The lowest BCUT2D eigenvalue weighted by molar-refractivity contribution is -0.126. The quantitative estimate of drug-likeness (QED) is 0.796. The van der Waals surface area contributed by atoms with E-state index < -0.39 is 23.9 Å². The Morgan fingerprint density at radius 2 is 2.15 bits per heavy atom. The highest BCUT2D eigenvalue weighted by Gasteiger charge is 2.20. The molecule has 1 aromatic rings. The van der Waals surface area contributed by atoms with Crippen molar-refractivity contribution in [1.29, 1.82) is 0 Å². The number of amides is 3. The average Bonchev–Trinajstić information content (AvgIpc) is 2.41. The molecule has 7 heteroatoms. The summed E-state index contributed by atoms with van der Waals surface area (Å²) < 4.78 is 18.7. The van der Waals surface area contributed by atoms with Gasteiger partial charge in [0.05, 0.1) is 5.56 Å². The lowest BCUT2D eigenvalue weighted by Gasteiger charge is -2.15. The van der Waals surface area contributed by atoms with Crippen LogP contribution in [-0.2, 0) is 4.79 Å². The highest BCUT2D eigenvalue weighted by atomic mass is 19.1. The molecule has 0 saturated heterocycles. The summed E-state index contributed by atoms with van der Waals surface area (Å²) in [6, 6.07) is 3.15. The molecule has 0 aliphatic heterocycles. The Kier molecular flexibility index (Phi) is 5.64. The van der Waals surface area contributed by atoms with Crippen molar-refractivity contribution in [1.82, 2.24) is 10.6 Å². The van der Waals surface area contributed by atoms with Crippen molar-refractivity contribution >= 4 is 18.2 Å². The predicted octanol–water partition coefficient (Wildman–Crippen LogP) is 1.25. The van der Waals surface area contributed by atoms with E-state index in [1.54, 1.807) is 6.92 Å². The molecule has 0 aromatic heterocycles. The predicted molar refractivity (Wildman–Crippen MR) is 69.1 cm³/mol.